The standard InChI is InChI=1S/C8H10N4O2S/c1-5-3-6(14-11-5)4-15-8-10-9-7(13)12(8)2/h3H,4H2,1-2H3,(H,9,13). The maximum atomic E-state index is 11.1. The molecule has 7 heteroatoms. The largest absolute Gasteiger partial charge is 0.360 e. The van der Waals surface area contributed by atoms with Gasteiger partial charge in [-0.05, 0) is 6.92 Å². The smallest absolute Gasteiger partial charge is 0.343 e. The Morgan fingerprint density at radius 1 is 1.67 bits per heavy atom. The van der Waals surface area contributed by atoms with Gasteiger partial charge in [-0.3, -0.25) is 4.57 Å². The molecule has 0 aliphatic heterocycles. The third-order valence-electron chi connectivity index (χ3n) is 1.86. The first-order valence-electron chi connectivity index (χ1n) is 4.33. The topological polar surface area (TPSA) is 76.7 Å². The van der Waals surface area contributed by atoms with E-state index in [4.69, 9.17) is 4.52 Å². The zero-order valence-corrected chi connectivity index (χ0v) is 9.17. The van der Waals surface area contributed by atoms with Crippen LogP contribution in [0.25, 0.3) is 0 Å². The molecular formula is C8H10N4O2S. The second-order valence-corrected chi connectivity index (χ2v) is 4.04. The summed E-state index contributed by atoms with van der Waals surface area (Å²) in [6.45, 7) is 1.86. The third-order valence-corrected chi connectivity index (χ3v) is 2.91. The Balaban J connectivity index is 2.05. The molecule has 0 radical (unpaired) electrons. The zero-order valence-electron chi connectivity index (χ0n) is 8.35. The molecule has 15 heavy (non-hydrogen) atoms. The molecule has 0 bridgehead atoms. The van der Waals surface area contributed by atoms with Crippen LogP contribution in [-0.2, 0) is 12.8 Å². The first-order chi connectivity index (χ1) is 7.16. The molecule has 0 saturated carbocycles. The minimum atomic E-state index is -0.216. The summed E-state index contributed by atoms with van der Waals surface area (Å²) in [5.74, 6) is 1.38. The molecule has 80 valence electrons. The van der Waals surface area contributed by atoms with Crippen molar-refractivity contribution in [2.24, 2.45) is 7.05 Å². The SMILES string of the molecule is Cc1cc(CSc2n[nH]c(=O)n2C)on1. The monoisotopic (exact) mass is 226 g/mol. The number of aromatic amines is 1. The summed E-state index contributed by atoms with van der Waals surface area (Å²) in [6, 6.07) is 1.86. The highest BCUT2D eigenvalue weighted by atomic mass is 32.2. The number of nitrogens with zero attached hydrogens (tertiary/aromatic N) is 3. The van der Waals surface area contributed by atoms with Gasteiger partial charge in [-0.2, -0.15) is 0 Å². The van der Waals surface area contributed by atoms with Crippen LogP contribution < -0.4 is 5.69 Å². The van der Waals surface area contributed by atoms with E-state index in [0.29, 0.717) is 10.9 Å². The van der Waals surface area contributed by atoms with E-state index in [0.717, 1.165) is 11.5 Å². The summed E-state index contributed by atoms with van der Waals surface area (Å²) in [5, 5.41) is 10.6. The second-order valence-electron chi connectivity index (χ2n) is 3.09. The van der Waals surface area contributed by atoms with Crippen molar-refractivity contribution in [3.05, 3.63) is 28.0 Å². The average molecular weight is 226 g/mol. The van der Waals surface area contributed by atoms with E-state index in [1.807, 2.05) is 13.0 Å². The average Bonchev–Trinajstić information content (AvgIpc) is 2.74. The van der Waals surface area contributed by atoms with Gasteiger partial charge in [0.05, 0.1) is 11.4 Å². The maximum absolute atomic E-state index is 11.1. The summed E-state index contributed by atoms with van der Waals surface area (Å²) < 4.78 is 6.49. The first kappa shape index (κ1) is 10.0. The third kappa shape index (κ3) is 2.12. The second kappa shape index (κ2) is 3.93. The summed E-state index contributed by atoms with van der Waals surface area (Å²) >= 11 is 1.42. The molecule has 0 saturated heterocycles. The predicted molar refractivity (Wildman–Crippen MR) is 54.6 cm³/mol. The summed E-state index contributed by atoms with van der Waals surface area (Å²) in [7, 11) is 1.67. The van der Waals surface area contributed by atoms with Gasteiger partial charge in [0, 0.05) is 13.1 Å². The van der Waals surface area contributed by atoms with Crippen molar-refractivity contribution < 1.29 is 4.52 Å². The van der Waals surface area contributed by atoms with Crippen molar-refractivity contribution >= 4 is 11.8 Å². The number of aryl methyl sites for hydroxylation is 1. The Morgan fingerprint density at radius 3 is 3.00 bits per heavy atom. The maximum Gasteiger partial charge on any atom is 0.343 e. The molecule has 6 nitrogen and oxygen atoms in total. The fourth-order valence-corrected chi connectivity index (χ4v) is 1.88. The number of rotatable bonds is 3. The Hall–Kier alpha value is -1.50. The van der Waals surface area contributed by atoms with Gasteiger partial charge in [0.2, 0.25) is 0 Å². The van der Waals surface area contributed by atoms with Crippen LogP contribution in [0.5, 0.6) is 0 Å². The Labute approximate surface area is 89.7 Å². The van der Waals surface area contributed by atoms with E-state index in [2.05, 4.69) is 15.4 Å². The van der Waals surface area contributed by atoms with E-state index in [1.165, 1.54) is 16.3 Å². The van der Waals surface area contributed by atoms with Crippen LogP contribution >= 0.6 is 11.8 Å². The van der Waals surface area contributed by atoms with Crippen LogP contribution in [0.1, 0.15) is 11.5 Å². The highest BCUT2D eigenvalue weighted by Gasteiger charge is 2.07. The predicted octanol–water partition coefficient (Wildman–Crippen LogP) is 0.697. The quantitative estimate of drug-likeness (QED) is 0.779. The van der Waals surface area contributed by atoms with E-state index < -0.39 is 0 Å². The van der Waals surface area contributed by atoms with Crippen LogP contribution in [0.15, 0.2) is 20.5 Å². The van der Waals surface area contributed by atoms with Crippen molar-refractivity contribution in [2.75, 3.05) is 0 Å². The van der Waals surface area contributed by atoms with Crippen LogP contribution in [0, 0.1) is 6.92 Å². The number of nitrogens with one attached hydrogen (secondary N) is 1. The van der Waals surface area contributed by atoms with Crippen molar-refractivity contribution in [3.8, 4) is 0 Å². The van der Waals surface area contributed by atoms with E-state index >= 15 is 0 Å². The lowest BCUT2D eigenvalue weighted by Gasteiger charge is -1.95. The molecule has 0 spiro atoms. The van der Waals surface area contributed by atoms with Gasteiger partial charge >= 0.3 is 5.69 Å². The lowest BCUT2D eigenvalue weighted by atomic mass is 10.4. The number of H-pyrrole nitrogens is 1. The summed E-state index contributed by atoms with van der Waals surface area (Å²) in [5.41, 5.74) is 0.632. The molecule has 2 aromatic heterocycles. The number of aromatic nitrogens is 4. The lowest BCUT2D eigenvalue weighted by molar-refractivity contribution is 0.391. The molecule has 0 amide bonds. The molecule has 0 aromatic carbocycles. The van der Waals surface area contributed by atoms with Crippen LogP contribution in [0.3, 0.4) is 0 Å². The highest BCUT2D eigenvalue weighted by molar-refractivity contribution is 7.98. The van der Waals surface area contributed by atoms with E-state index in [9.17, 15) is 4.79 Å². The fourth-order valence-electron chi connectivity index (χ4n) is 1.08. The molecule has 0 atom stereocenters. The van der Waals surface area contributed by atoms with Gasteiger partial charge in [-0.1, -0.05) is 16.9 Å². The molecular weight excluding hydrogens is 216 g/mol. The normalized spacial score (nSPS) is 10.8. The Bertz CT molecular complexity index is 513. The van der Waals surface area contributed by atoms with Gasteiger partial charge in [-0.15, -0.1) is 5.10 Å². The molecule has 2 aromatic rings. The lowest BCUT2D eigenvalue weighted by Crippen LogP contribution is -2.12. The first-order valence-corrected chi connectivity index (χ1v) is 5.32. The van der Waals surface area contributed by atoms with Gasteiger partial charge in [0.15, 0.2) is 5.16 Å². The number of thioether (sulfide) groups is 1. The summed E-state index contributed by atoms with van der Waals surface area (Å²) in [4.78, 5) is 11.1. The van der Waals surface area contributed by atoms with Crippen molar-refractivity contribution in [1.29, 1.82) is 0 Å². The molecule has 1 N–H and O–H groups in total. The molecule has 0 aliphatic rings. The van der Waals surface area contributed by atoms with Crippen molar-refractivity contribution in [1.82, 2.24) is 19.9 Å². The molecule has 0 unspecified atom stereocenters. The highest BCUT2D eigenvalue weighted by Crippen LogP contribution is 2.19. The number of hydrogen-bond acceptors (Lipinski definition) is 5. The van der Waals surface area contributed by atoms with Gasteiger partial charge in [-0.25, -0.2) is 9.89 Å². The Kier molecular flexibility index (Phi) is 2.63. The molecule has 0 aliphatic carbocycles. The zero-order chi connectivity index (χ0) is 10.8. The van der Waals surface area contributed by atoms with Crippen molar-refractivity contribution in [3.63, 3.8) is 0 Å². The van der Waals surface area contributed by atoms with E-state index in [1.54, 1.807) is 7.05 Å². The van der Waals surface area contributed by atoms with Crippen LogP contribution in [0.4, 0.5) is 0 Å². The minimum Gasteiger partial charge on any atom is -0.360 e. The van der Waals surface area contributed by atoms with Crippen molar-refractivity contribution in [2.45, 2.75) is 17.8 Å². The molecule has 2 rings (SSSR count). The van der Waals surface area contributed by atoms with E-state index in [-0.39, 0.29) is 5.69 Å². The van der Waals surface area contributed by atoms with Crippen LogP contribution in [-0.4, -0.2) is 19.9 Å². The Morgan fingerprint density at radius 2 is 2.47 bits per heavy atom. The molecule has 0 fully saturated rings. The van der Waals surface area contributed by atoms with Crippen LogP contribution in [0.2, 0.25) is 0 Å². The van der Waals surface area contributed by atoms with Gasteiger partial charge < -0.3 is 4.52 Å². The number of hydrogen-bond donors (Lipinski definition) is 1. The van der Waals surface area contributed by atoms with Gasteiger partial charge in [0.1, 0.15) is 5.76 Å². The minimum absolute atomic E-state index is 0.216. The van der Waals surface area contributed by atoms with Gasteiger partial charge in [0.25, 0.3) is 0 Å². The summed E-state index contributed by atoms with van der Waals surface area (Å²) in [6.07, 6.45) is 0. The molecule has 2 heterocycles. The fraction of sp³-hybridized carbons (Fsp3) is 0.375.